The van der Waals surface area contributed by atoms with Crippen molar-refractivity contribution in [3.05, 3.63) is 33.9 Å². The first-order chi connectivity index (χ1) is 15.6. The molecule has 0 aromatic heterocycles. The van der Waals surface area contributed by atoms with Crippen LogP contribution in [0.4, 0.5) is 5.69 Å². The van der Waals surface area contributed by atoms with Crippen molar-refractivity contribution in [2.24, 2.45) is 17.8 Å². The van der Waals surface area contributed by atoms with Crippen LogP contribution in [0.5, 0.6) is 0 Å². The SMILES string of the molecule is Cc1ccc([N+](=O)[O-])cc1S(=O)(=O)N1CCN(CC(=O)NC23CC4CC(CC(C4)C2)C3)CC1. The number of carbonyl (C=O) groups excluding carboxylic acids is 1. The van der Waals surface area contributed by atoms with Gasteiger partial charge in [0.1, 0.15) is 0 Å². The average Bonchev–Trinajstić information content (AvgIpc) is 2.72. The molecule has 0 spiro atoms. The summed E-state index contributed by atoms with van der Waals surface area (Å²) >= 11 is 0. The summed E-state index contributed by atoms with van der Waals surface area (Å²) in [5.41, 5.74) is 0.230. The molecule has 1 aromatic rings. The number of rotatable bonds is 6. The zero-order chi connectivity index (χ0) is 23.4. The topological polar surface area (TPSA) is 113 Å². The van der Waals surface area contributed by atoms with Crippen molar-refractivity contribution in [2.75, 3.05) is 32.7 Å². The van der Waals surface area contributed by atoms with E-state index < -0.39 is 14.9 Å². The Bertz CT molecular complexity index is 1030. The molecule has 4 bridgehead atoms. The number of carbonyl (C=O) groups is 1. The molecule has 10 heteroatoms. The summed E-state index contributed by atoms with van der Waals surface area (Å²) in [6.45, 7) is 3.36. The minimum Gasteiger partial charge on any atom is -0.350 e. The summed E-state index contributed by atoms with van der Waals surface area (Å²) in [5, 5.41) is 14.5. The van der Waals surface area contributed by atoms with Crippen LogP contribution in [0.1, 0.15) is 44.1 Å². The molecule has 1 saturated heterocycles. The van der Waals surface area contributed by atoms with Gasteiger partial charge in [-0.15, -0.1) is 0 Å². The summed E-state index contributed by atoms with van der Waals surface area (Å²) in [6.07, 6.45) is 7.32. The van der Waals surface area contributed by atoms with Gasteiger partial charge in [0.05, 0.1) is 16.4 Å². The molecule has 4 saturated carbocycles. The van der Waals surface area contributed by atoms with Gasteiger partial charge in [-0.05, 0) is 68.8 Å². The van der Waals surface area contributed by atoms with Gasteiger partial charge in [0.2, 0.25) is 15.9 Å². The molecule has 9 nitrogen and oxygen atoms in total. The maximum atomic E-state index is 13.1. The van der Waals surface area contributed by atoms with Gasteiger partial charge in [0.25, 0.3) is 5.69 Å². The van der Waals surface area contributed by atoms with Crippen LogP contribution in [0, 0.1) is 34.8 Å². The van der Waals surface area contributed by atoms with E-state index >= 15 is 0 Å². The third kappa shape index (κ3) is 4.40. The Morgan fingerprint density at radius 3 is 2.21 bits per heavy atom. The number of aryl methyl sites for hydroxylation is 1. The minimum absolute atomic E-state index is 0.0173. The van der Waals surface area contributed by atoms with E-state index in [4.69, 9.17) is 0 Å². The van der Waals surface area contributed by atoms with Crippen molar-refractivity contribution in [3.8, 4) is 0 Å². The molecular formula is C23H32N4O5S. The van der Waals surface area contributed by atoms with Gasteiger partial charge >= 0.3 is 0 Å². The molecule has 1 aliphatic heterocycles. The van der Waals surface area contributed by atoms with E-state index in [1.165, 1.54) is 35.7 Å². The lowest BCUT2D eigenvalue weighted by atomic mass is 9.53. The van der Waals surface area contributed by atoms with Crippen LogP contribution in [-0.4, -0.2) is 66.7 Å². The van der Waals surface area contributed by atoms with Gasteiger partial charge in [0.15, 0.2) is 0 Å². The maximum absolute atomic E-state index is 13.1. The van der Waals surface area contributed by atoms with E-state index in [9.17, 15) is 23.3 Å². The molecule has 33 heavy (non-hydrogen) atoms. The molecular weight excluding hydrogens is 444 g/mol. The molecule has 1 amide bonds. The van der Waals surface area contributed by atoms with Crippen molar-refractivity contribution in [2.45, 2.75) is 55.9 Å². The number of non-ortho nitro benzene ring substituents is 1. The Morgan fingerprint density at radius 2 is 1.67 bits per heavy atom. The zero-order valence-electron chi connectivity index (χ0n) is 19.0. The van der Waals surface area contributed by atoms with Crippen molar-refractivity contribution in [3.63, 3.8) is 0 Å². The first kappa shape index (κ1) is 22.7. The predicted octanol–water partition coefficient (Wildman–Crippen LogP) is 2.29. The predicted molar refractivity (Wildman–Crippen MR) is 122 cm³/mol. The largest absolute Gasteiger partial charge is 0.350 e. The van der Waals surface area contributed by atoms with Crippen molar-refractivity contribution in [1.82, 2.24) is 14.5 Å². The van der Waals surface area contributed by atoms with Crippen molar-refractivity contribution in [1.29, 1.82) is 0 Å². The molecule has 4 aliphatic carbocycles. The number of piperazine rings is 1. The number of nitrogens with one attached hydrogen (secondary N) is 1. The van der Waals surface area contributed by atoms with Gasteiger partial charge in [-0.2, -0.15) is 4.31 Å². The molecule has 0 radical (unpaired) electrons. The second-order valence-corrected chi connectivity index (χ2v) is 12.5. The van der Waals surface area contributed by atoms with E-state index in [0.717, 1.165) is 43.1 Å². The zero-order valence-corrected chi connectivity index (χ0v) is 19.8. The van der Waals surface area contributed by atoms with E-state index in [1.807, 2.05) is 4.90 Å². The number of amides is 1. The van der Waals surface area contributed by atoms with Crippen molar-refractivity contribution < 1.29 is 18.1 Å². The molecule has 1 N–H and O–H groups in total. The van der Waals surface area contributed by atoms with Crippen molar-refractivity contribution >= 4 is 21.6 Å². The van der Waals surface area contributed by atoms with Crippen LogP contribution in [0.2, 0.25) is 0 Å². The highest BCUT2D eigenvalue weighted by atomic mass is 32.2. The van der Waals surface area contributed by atoms with Gasteiger partial charge in [0, 0.05) is 43.9 Å². The monoisotopic (exact) mass is 476 g/mol. The molecule has 1 heterocycles. The highest BCUT2D eigenvalue weighted by Crippen LogP contribution is 2.55. The molecule has 180 valence electrons. The number of nitrogens with zero attached hydrogens (tertiary/aromatic N) is 3. The van der Waals surface area contributed by atoms with Crippen LogP contribution < -0.4 is 5.32 Å². The number of nitro benzene ring substituents is 1. The van der Waals surface area contributed by atoms with Crippen LogP contribution in [0.25, 0.3) is 0 Å². The number of sulfonamides is 1. The highest BCUT2D eigenvalue weighted by Gasteiger charge is 2.51. The molecule has 6 rings (SSSR count). The second kappa shape index (κ2) is 8.32. The Hall–Kier alpha value is -2.04. The summed E-state index contributed by atoms with van der Waals surface area (Å²) in [4.78, 5) is 25.4. The van der Waals surface area contributed by atoms with Gasteiger partial charge in [-0.1, -0.05) is 6.07 Å². The fourth-order valence-electron chi connectivity index (χ4n) is 7.05. The lowest BCUT2D eigenvalue weighted by Crippen LogP contribution is -2.61. The van der Waals surface area contributed by atoms with E-state index in [1.54, 1.807) is 6.92 Å². The minimum atomic E-state index is -3.84. The van der Waals surface area contributed by atoms with E-state index in [-0.39, 0.29) is 41.7 Å². The second-order valence-electron chi connectivity index (χ2n) is 10.6. The van der Waals surface area contributed by atoms with E-state index in [0.29, 0.717) is 18.7 Å². The lowest BCUT2D eigenvalue weighted by Gasteiger charge is -2.57. The average molecular weight is 477 g/mol. The van der Waals surface area contributed by atoms with Crippen LogP contribution >= 0.6 is 0 Å². The molecule has 5 fully saturated rings. The normalized spacial score (nSPS) is 32.1. The number of hydrogen-bond donors (Lipinski definition) is 1. The standard InChI is InChI=1S/C23H32N4O5S/c1-16-2-3-20(27(29)30)11-21(16)33(31,32)26-6-4-25(5-7-26)15-22(28)24-23-12-17-8-18(13-23)10-19(9-17)14-23/h2-3,11,17-19H,4-10,12-15H2,1H3,(H,24,28). The quantitative estimate of drug-likeness (QED) is 0.498. The molecule has 0 unspecified atom stereocenters. The number of nitro groups is 1. The Labute approximate surface area is 194 Å². The highest BCUT2D eigenvalue weighted by molar-refractivity contribution is 7.89. The van der Waals surface area contributed by atoms with Crippen LogP contribution in [-0.2, 0) is 14.8 Å². The Morgan fingerprint density at radius 1 is 1.09 bits per heavy atom. The first-order valence-corrected chi connectivity index (χ1v) is 13.4. The summed E-state index contributed by atoms with van der Waals surface area (Å²) < 4.78 is 27.6. The summed E-state index contributed by atoms with van der Waals surface area (Å²) in [7, 11) is -3.84. The molecule has 1 aromatic carbocycles. The lowest BCUT2D eigenvalue weighted by molar-refractivity contribution is -0.385. The molecule has 5 aliphatic rings. The molecule has 0 atom stereocenters. The van der Waals surface area contributed by atoms with Gasteiger partial charge < -0.3 is 5.32 Å². The Balaban J connectivity index is 1.18. The fraction of sp³-hybridized carbons (Fsp3) is 0.696. The van der Waals surface area contributed by atoms with Crippen LogP contribution in [0.3, 0.4) is 0 Å². The summed E-state index contributed by atoms with van der Waals surface area (Å²) in [5.74, 6) is 2.34. The van der Waals surface area contributed by atoms with Gasteiger partial charge in [-0.3, -0.25) is 19.8 Å². The van der Waals surface area contributed by atoms with Crippen LogP contribution in [0.15, 0.2) is 23.1 Å². The first-order valence-electron chi connectivity index (χ1n) is 11.9. The number of benzene rings is 1. The Kier molecular flexibility index (Phi) is 5.73. The van der Waals surface area contributed by atoms with E-state index in [2.05, 4.69) is 5.32 Å². The maximum Gasteiger partial charge on any atom is 0.270 e. The third-order valence-corrected chi connectivity index (χ3v) is 10.2. The number of hydrogen-bond acceptors (Lipinski definition) is 6. The third-order valence-electron chi connectivity index (χ3n) is 8.14. The summed E-state index contributed by atoms with van der Waals surface area (Å²) in [6, 6.07) is 3.92. The fourth-order valence-corrected chi connectivity index (χ4v) is 8.72. The smallest absolute Gasteiger partial charge is 0.270 e. The van der Waals surface area contributed by atoms with Gasteiger partial charge in [-0.25, -0.2) is 8.42 Å².